The number of carbonyl (C=O) groups is 1. The van der Waals surface area contributed by atoms with E-state index in [4.69, 9.17) is 4.74 Å². The van der Waals surface area contributed by atoms with Gasteiger partial charge in [-0.3, -0.25) is 9.20 Å². The second-order valence-electron chi connectivity index (χ2n) is 6.35. The Balaban J connectivity index is 1.62. The second kappa shape index (κ2) is 7.97. The van der Waals surface area contributed by atoms with Gasteiger partial charge in [0.05, 0.1) is 12.4 Å². The predicted molar refractivity (Wildman–Crippen MR) is 109 cm³/mol. The number of benzene rings is 2. The first-order chi connectivity index (χ1) is 14.1. The Labute approximate surface area is 166 Å². The Bertz CT molecular complexity index is 1170. The summed E-state index contributed by atoms with van der Waals surface area (Å²) in [4.78, 5) is 19.9. The number of alkyl halides is 1. The molecule has 0 saturated heterocycles. The smallest absolute Gasteiger partial charge is 0.255 e. The predicted octanol–water partition coefficient (Wildman–Crippen LogP) is 4.48. The van der Waals surface area contributed by atoms with Crippen LogP contribution in [0.1, 0.15) is 5.56 Å². The molecule has 0 fully saturated rings. The standard InChI is InChI=1S/C21H18FN5O2/c1-14-5-2-3-8-17(14)26-21-18-11-23-13-27(18)20(12-24-21)29-16-7-4-6-15(9-16)25-19(28)10-22/h2-9,11-13H,10H2,1H3,(H,24,26)(H,25,28). The summed E-state index contributed by atoms with van der Waals surface area (Å²) < 4.78 is 20.1. The van der Waals surface area contributed by atoms with Crippen molar-refractivity contribution in [2.75, 3.05) is 17.3 Å². The zero-order valence-electron chi connectivity index (χ0n) is 15.6. The van der Waals surface area contributed by atoms with Crippen LogP contribution in [0.4, 0.5) is 21.6 Å². The highest BCUT2D eigenvalue weighted by molar-refractivity contribution is 5.91. The van der Waals surface area contributed by atoms with Gasteiger partial charge in [0.1, 0.15) is 17.6 Å². The van der Waals surface area contributed by atoms with E-state index in [2.05, 4.69) is 20.6 Å². The first-order valence-corrected chi connectivity index (χ1v) is 8.91. The van der Waals surface area contributed by atoms with E-state index in [0.717, 1.165) is 16.8 Å². The fraction of sp³-hybridized carbons (Fsp3) is 0.0952. The van der Waals surface area contributed by atoms with Crippen LogP contribution in [0.5, 0.6) is 11.6 Å². The van der Waals surface area contributed by atoms with Crippen LogP contribution >= 0.6 is 0 Å². The molecule has 0 unspecified atom stereocenters. The van der Waals surface area contributed by atoms with Crippen molar-refractivity contribution < 1.29 is 13.9 Å². The maximum atomic E-state index is 12.4. The molecular formula is C21H18FN5O2. The lowest BCUT2D eigenvalue weighted by atomic mass is 10.2. The average molecular weight is 391 g/mol. The Kier molecular flexibility index (Phi) is 5.07. The summed E-state index contributed by atoms with van der Waals surface area (Å²) in [6.07, 6.45) is 4.91. The number of imidazole rings is 1. The summed E-state index contributed by atoms with van der Waals surface area (Å²) in [5.74, 6) is 0.848. The van der Waals surface area contributed by atoms with Crippen LogP contribution < -0.4 is 15.4 Å². The van der Waals surface area contributed by atoms with E-state index in [9.17, 15) is 9.18 Å². The number of carbonyl (C=O) groups excluding carboxylic acids is 1. The molecule has 0 aliphatic carbocycles. The van der Waals surface area contributed by atoms with Gasteiger partial charge in [-0.1, -0.05) is 24.3 Å². The molecule has 29 heavy (non-hydrogen) atoms. The molecule has 1 amide bonds. The first kappa shape index (κ1) is 18.4. The molecule has 2 heterocycles. The van der Waals surface area contributed by atoms with Gasteiger partial charge in [-0.2, -0.15) is 0 Å². The van der Waals surface area contributed by atoms with E-state index in [1.807, 2.05) is 31.2 Å². The minimum absolute atomic E-state index is 0.442. The molecule has 0 aliphatic rings. The molecule has 0 saturated carbocycles. The summed E-state index contributed by atoms with van der Waals surface area (Å²) in [5, 5.41) is 5.77. The van der Waals surface area contributed by atoms with E-state index in [0.29, 0.717) is 23.1 Å². The maximum absolute atomic E-state index is 12.4. The van der Waals surface area contributed by atoms with Gasteiger partial charge in [0.2, 0.25) is 5.88 Å². The number of nitrogens with one attached hydrogen (secondary N) is 2. The van der Waals surface area contributed by atoms with Crippen LogP contribution in [0.2, 0.25) is 0 Å². The molecular weight excluding hydrogens is 373 g/mol. The molecule has 7 nitrogen and oxygen atoms in total. The Morgan fingerprint density at radius 2 is 2.03 bits per heavy atom. The molecule has 2 N–H and O–H groups in total. The fourth-order valence-electron chi connectivity index (χ4n) is 2.86. The molecule has 146 valence electrons. The Morgan fingerprint density at radius 1 is 1.17 bits per heavy atom. The third-order valence-electron chi connectivity index (χ3n) is 4.28. The van der Waals surface area contributed by atoms with Gasteiger partial charge in [-0.05, 0) is 30.7 Å². The fourth-order valence-corrected chi connectivity index (χ4v) is 2.86. The molecule has 2 aromatic carbocycles. The lowest BCUT2D eigenvalue weighted by molar-refractivity contribution is -0.117. The quantitative estimate of drug-likeness (QED) is 0.506. The van der Waals surface area contributed by atoms with Gasteiger partial charge >= 0.3 is 0 Å². The van der Waals surface area contributed by atoms with Crippen molar-refractivity contribution in [2.24, 2.45) is 0 Å². The number of halogens is 1. The zero-order valence-corrected chi connectivity index (χ0v) is 15.6. The summed E-state index contributed by atoms with van der Waals surface area (Å²) in [6, 6.07) is 14.6. The van der Waals surface area contributed by atoms with Crippen LogP contribution in [-0.4, -0.2) is 27.0 Å². The molecule has 0 spiro atoms. The Morgan fingerprint density at radius 3 is 2.86 bits per heavy atom. The molecule has 0 bridgehead atoms. The van der Waals surface area contributed by atoms with Gasteiger partial charge in [0, 0.05) is 17.4 Å². The third-order valence-corrected chi connectivity index (χ3v) is 4.28. The highest BCUT2D eigenvalue weighted by atomic mass is 19.1. The first-order valence-electron chi connectivity index (χ1n) is 8.91. The zero-order chi connectivity index (χ0) is 20.2. The molecule has 4 aromatic rings. The van der Waals surface area contributed by atoms with E-state index in [1.54, 1.807) is 47.4 Å². The van der Waals surface area contributed by atoms with Crippen molar-refractivity contribution in [3.05, 3.63) is 72.8 Å². The lowest BCUT2D eigenvalue weighted by Gasteiger charge is -2.13. The number of amides is 1. The number of anilines is 3. The number of nitrogens with zero attached hydrogens (tertiary/aromatic N) is 3. The highest BCUT2D eigenvalue weighted by Gasteiger charge is 2.11. The number of ether oxygens (including phenoxy) is 1. The Hall–Kier alpha value is -3.94. The number of rotatable bonds is 6. The van der Waals surface area contributed by atoms with Gasteiger partial charge in [-0.15, -0.1) is 0 Å². The molecule has 4 rings (SSSR count). The van der Waals surface area contributed by atoms with Crippen molar-refractivity contribution in [3.63, 3.8) is 0 Å². The number of aromatic nitrogens is 3. The minimum Gasteiger partial charge on any atom is -0.439 e. The molecule has 0 atom stereocenters. The highest BCUT2D eigenvalue weighted by Crippen LogP contribution is 2.28. The average Bonchev–Trinajstić information content (AvgIpc) is 3.22. The largest absolute Gasteiger partial charge is 0.439 e. The molecule has 0 aliphatic heterocycles. The van der Waals surface area contributed by atoms with Crippen molar-refractivity contribution in [2.45, 2.75) is 6.92 Å². The lowest BCUT2D eigenvalue weighted by Crippen LogP contribution is -2.12. The van der Waals surface area contributed by atoms with Gasteiger partial charge in [-0.25, -0.2) is 14.4 Å². The van der Waals surface area contributed by atoms with E-state index >= 15 is 0 Å². The molecule has 8 heteroatoms. The van der Waals surface area contributed by atoms with E-state index < -0.39 is 12.6 Å². The number of aryl methyl sites for hydroxylation is 1. The van der Waals surface area contributed by atoms with Crippen molar-refractivity contribution in [3.8, 4) is 11.6 Å². The van der Waals surface area contributed by atoms with Crippen LogP contribution in [0.25, 0.3) is 5.52 Å². The number of hydrogen-bond donors (Lipinski definition) is 2. The van der Waals surface area contributed by atoms with Gasteiger partial charge < -0.3 is 15.4 Å². The van der Waals surface area contributed by atoms with Crippen LogP contribution in [0.15, 0.2) is 67.3 Å². The van der Waals surface area contributed by atoms with Crippen LogP contribution in [0.3, 0.4) is 0 Å². The normalized spacial score (nSPS) is 10.7. The van der Waals surface area contributed by atoms with E-state index in [-0.39, 0.29) is 0 Å². The van der Waals surface area contributed by atoms with Crippen molar-refractivity contribution >= 4 is 28.6 Å². The third kappa shape index (κ3) is 4.01. The van der Waals surface area contributed by atoms with Crippen molar-refractivity contribution in [1.82, 2.24) is 14.4 Å². The summed E-state index contributed by atoms with van der Waals surface area (Å²) in [7, 11) is 0. The summed E-state index contributed by atoms with van der Waals surface area (Å²) in [5.41, 5.74) is 3.23. The monoisotopic (exact) mass is 391 g/mol. The summed E-state index contributed by atoms with van der Waals surface area (Å²) >= 11 is 0. The topological polar surface area (TPSA) is 80.6 Å². The minimum atomic E-state index is -1.08. The SMILES string of the molecule is Cc1ccccc1Nc1ncc(Oc2cccc(NC(=O)CF)c2)n2cncc12. The molecule has 2 aromatic heterocycles. The number of para-hydroxylation sites is 1. The van der Waals surface area contributed by atoms with Gasteiger partial charge in [0.15, 0.2) is 12.5 Å². The van der Waals surface area contributed by atoms with Crippen molar-refractivity contribution in [1.29, 1.82) is 0 Å². The van der Waals surface area contributed by atoms with Crippen LogP contribution in [0, 0.1) is 6.92 Å². The number of hydrogen-bond acceptors (Lipinski definition) is 5. The van der Waals surface area contributed by atoms with E-state index in [1.165, 1.54) is 0 Å². The summed E-state index contributed by atoms with van der Waals surface area (Å²) in [6.45, 7) is 0.933. The van der Waals surface area contributed by atoms with Crippen LogP contribution in [-0.2, 0) is 4.79 Å². The van der Waals surface area contributed by atoms with Gasteiger partial charge in [0.25, 0.3) is 5.91 Å². The second-order valence-corrected chi connectivity index (χ2v) is 6.35. The molecule has 0 radical (unpaired) electrons. The maximum Gasteiger partial charge on any atom is 0.255 e. The number of fused-ring (bicyclic) bond motifs is 1.